The summed E-state index contributed by atoms with van der Waals surface area (Å²) in [5.74, 6) is -0.412. The highest BCUT2D eigenvalue weighted by Gasteiger charge is 2.28. The van der Waals surface area contributed by atoms with E-state index in [1.54, 1.807) is 33.3 Å². The number of pyridine rings is 1. The average molecular weight is 471 g/mol. The first-order chi connectivity index (χ1) is 16.2. The zero-order valence-electron chi connectivity index (χ0n) is 19.2. The number of nitrogens with one attached hydrogen (secondary N) is 1. The van der Waals surface area contributed by atoms with Crippen LogP contribution in [0.15, 0.2) is 24.7 Å². The molecule has 2 amide bonds. The van der Waals surface area contributed by atoms with Crippen molar-refractivity contribution >= 4 is 29.3 Å². The number of ether oxygens (including phenoxy) is 1. The van der Waals surface area contributed by atoms with E-state index in [-0.39, 0.29) is 35.3 Å². The van der Waals surface area contributed by atoms with Crippen LogP contribution in [-0.4, -0.2) is 74.6 Å². The summed E-state index contributed by atoms with van der Waals surface area (Å²) in [5.41, 5.74) is 1.21. The number of hydrogen-bond donors (Lipinski definition) is 2. The molecule has 0 saturated carbocycles. The number of nitrogens with zero attached hydrogens (tertiary/aromatic N) is 6. The lowest BCUT2D eigenvalue weighted by molar-refractivity contribution is 0.102. The fourth-order valence-corrected chi connectivity index (χ4v) is 3.99. The Kier molecular flexibility index (Phi) is 6.48. The predicted octanol–water partition coefficient (Wildman–Crippen LogP) is 2.66. The van der Waals surface area contributed by atoms with Crippen molar-refractivity contribution in [1.82, 2.24) is 24.3 Å². The molecule has 0 bridgehead atoms. The third-order valence-corrected chi connectivity index (χ3v) is 5.58. The monoisotopic (exact) mass is 471 g/mol. The van der Waals surface area contributed by atoms with Crippen molar-refractivity contribution in [2.45, 2.75) is 20.3 Å². The Labute approximate surface area is 195 Å². The minimum atomic E-state index is -0.967. The van der Waals surface area contributed by atoms with E-state index in [0.29, 0.717) is 31.3 Å². The number of carbonyl (C=O) groups excluding carboxylic acids is 1. The van der Waals surface area contributed by atoms with Gasteiger partial charge in [0.05, 0.1) is 18.0 Å². The van der Waals surface area contributed by atoms with Crippen molar-refractivity contribution in [3.8, 4) is 5.88 Å². The molecular weight excluding hydrogens is 445 g/mol. The van der Waals surface area contributed by atoms with E-state index in [9.17, 15) is 14.0 Å². The number of carboxylic acid groups (broad SMARTS) is 1. The van der Waals surface area contributed by atoms with Gasteiger partial charge in [-0.15, -0.1) is 0 Å². The van der Waals surface area contributed by atoms with E-state index in [1.165, 1.54) is 21.6 Å². The molecule has 0 aromatic carbocycles. The van der Waals surface area contributed by atoms with E-state index in [1.807, 2.05) is 4.90 Å². The van der Waals surface area contributed by atoms with Crippen LogP contribution in [-0.2, 0) is 0 Å². The molecule has 11 nitrogen and oxygen atoms in total. The summed E-state index contributed by atoms with van der Waals surface area (Å²) in [6.45, 7) is 5.50. The number of halogens is 1. The molecule has 0 aliphatic carbocycles. The zero-order valence-corrected chi connectivity index (χ0v) is 19.2. The van der Waals surface area contributed by atoms with Crippen molar-refractivity contribution in [2.75, 3.05) is 43.5 Å². The summed E-state index contributed by atoms with van der Waals surface area (Å²) in [5, 5.41) is 11.8. The molecule has 4 rings (SSSR count). The fourth-order valence-electron chi connectivity index (χ4n) is 3.99. The quantitative estimate of drug-likeness (QED) is 0.539. The number of carbonyl (C=O) groups is 2. The number of anilines is 2. The first-order valence-corrected chi connectivity index (χ1v) is 10.9. The summed E-state index contributed by atoms with van der Waals surface area (Å²) >= 11 is 0. The lowest BCUT2D eigenvalue weighted by Gasteiger charge is -2.20. The molecule has 34 heavy (non-hydrogen) atoms. The van der Waals surface area contributed by atoms with Crippen molar-refractivity contribution in [2.24, 2.45) is 5.92 Å². The van der Waals surface area contributed by atoms with Gasteiger partial charge in [-0.25, -0.2) is 19.2 Å². The SMILES string of the molecule is CCOc1nc(N2CC[C@H](CN(C)C(=O)O)C2)ncc1C(=O)Nc1cc(F)c2nc(C)cn2c1. The number of fused-ring (bicyclic) bond motifs is 1. The summed E-state index contributed by atoms with van der Waals surface area (Å²) in [7, 11) is 1.54. The molecular formula is C22H26FN7O4. The molecule has 12 heteroatoms. The minimum Gasteiger partial charge on any atom is -0.477 e. The summed E-state index contributed by atoms with van der Waals surface area (Å²) in [4.78, 5) is 40.1. The van der Waals surface area contributed by atoms with E-state index in [2.05, 4.69) is 20.3 Å². The summed E-state index contributed by atoms with van der Waals surface area (Å²) in [6, 6.07) is 1.20. The Morgan fingerprint density at radius 3 is 2.88 bits per heavy atom. The number of imidazole rings is 1. The van der Waals surface area contributed by atoms with E-state index < -0.39 is 17.8 Å². The van der Waals surface area contributed by atoms with Crippen LogP contribution < -0.4 is 15.0 Å². The average Bonchev–Trinajstić information content (AvgIpc) is 3.40. The van der Waals surface area contributed by atoms with Crippen LogP contribution in [0, 0.1) is 18.7 Å². The molecule has 3 aromatic rings. The van der Waals surface area contributed by atoms with Gasteiger partial charge < -0.3 is 29.4 Å². The Hall–Kier alpha value is -3.96. The summed E-state index contributed by atoms with van der Waals surface area (Å²) < 4.78 is 21.5. The van der Waals surface area contributed by atoms with Crippen LogP contribution in [0.5, 0.6) is 5.88 Å². The van der Waals surface area contributed by atoms with Crippen LogP contribution in [0.2, 0.25) is 0 Å². The molecule has 1 aliphatic rings. The Morgan fingerprint density at radius 2 is 2.15 bits per heavy atom. The van der Waals surface area contributed by atoms with Gasteiger partial charge in [0.1, 0.15) is 5.56 Å². The van der Waals surface area contributed by atoms with Gasteiger partial charge in [-0.3, -0.25) is 4.79 Å². The zero-order chi connectivity index (χ0) is 24.4. The largest absolute Gasteiger partial charge is 0.477 e. The minimum absolute atomic E-state index is 0.120. The molecule has 1 atom stereocenters. The highest BCUT2D eigenvalue weighted by Crippen LogP contribution is 2.26. The number of aromatic nitrogens is 4. The predicted molar refractivity (Wildman–Crippen MR) is 122 cm³/mol. The summed E-state index contributed by atoms with van der Waals surface area (Å²) in [6.07, 6.45) is 4.45. The number of amides is 2. The van der Waals surface area contributed by atoms with Crippen LogP contribution >= 0.6 is 0 Å². The standard InChI is InChI=1S/C22H26FN7O4/c1-4-34-20-16(19(31)26-15-7-17(23)18-25-13(2)9-30(18)12-15)8-24-21(27-20)29-6-5-14(11-29)10-28(3)22(32)33/h7-9,12,14H,4-6,10-11H2,1-3H3,(H,26,31)(H,32,33)/t14-/m1/s1. The van der Waals surface area contributed by atoms with Crippen LogP contribution in [0.1, 0.15) is 29.4 Å². The molecule has 2 N–H and O–H groups in total. The van der Waals surface area contributed by atoms with Gasteiger partial charge in [0.2, 0.25) is 11.8 Å². The van der Waals surface area contributed by atoms with Gasteiger partial charge in [0, 0.05) is 51.3 Å². The van der Waals surface area contributed by atoms with Crippen molar-refractivity contribution in [1.29, 1.82) is 0 Å². The Bertz CT molecular complexity index is 1230. The Balaban J connectivity index is 1.51. The molecule has 1 fully saturated rings. The third kappa shape index (κ3) is 4.85. The molecule has 0 radical (unpaired) electrons. The van der Waals surface area contributed by atoms with Crippen molar-refractivity contribution < 1.29 is 23.8 Å². The maximum Gasteiger partial charge on any atom is 0.407 e. The lowest BCUT2D eigenvalue weighted by atomic mass is 10.1. The maximum absolute atomic E-state index is 14.4. The number of aryl methyl sites for hydroxylation is 1. The number of hydrogen-bond acceptors (Lipinski definition) is 7. The highest BCUT2D eigenvalue weighted by molar-refractivity contribution is 6.05. The Morgan fingerprint density at radius 1 is 1.35 bits per heavy atom. The van der Waals surface area contributed by atoms with E-state index >= 15 is 0 Å². The van der Waals surface area contributed by atoms with E-state index in [0.717, 1.165) is 6.42 Å². The van der Waals surface area contributed by atoms with Gasteiger partial charge in [-0.1, -0.05) is 0 Å². The second kappa shape index (κ2) is 9.49. The second-order valence-corrected chi connectivity index (χ2v) is 8.23. The molecule has 180 valence electrons. The van der Waals surface area contributed by atoms with Crippen LogP contribution in [0.4, 0.5) is 20.8 Å². The topological polar surface area (TPSA) is 125 Å². The van der Waals surface area contributed by atoms with E-state index in [4.69, 9.17) is 9.84 Å². The highest BCUT2D eigenvalue weighted by atomic mass is 19.1. The first-order valence-electron chi connectivity index (χ1n) is 10.9. The van der Waals surface area contributed by atoms with Gasteiger partial charge in [-0.05, 0) is 26.2 Å². The molecule has 0 unspecified atom stereocenters. The molecule has 3 aromatic heterocycles. The lowest BCUT2D eigenvalue weighted by Crippen LogP contribution is -2.32. The number of rotatable bonds is 7. The fraction of sp³-hybridized carbons (Fsp3) is 0.409. The van der Waals surface area contributed by atoms with Crippen molar-refractivity contribution in [3.63, 3.8) is 0 Å². The van der Waals surface area contributed by atoms with Crippen LogP contribution in [0.25, 0.3) is 5.65 Å². The third-order valence-electron chi connectivity index (χ3n) is 5.58. The molecule has 1 saturated heterocycles. The second-order valence-electron chi connectivity index (χ2n) is 8.23. The normalized spacial score (nSPS) is 15.5. The smallest absolute Gasteiger partial charge is 0.407 e. The molecule has 0 spiro atoms. The van der Waals surface area contributed by atoms with Crippen LogP contribution in [0.3, 0.4) is 0 Å². The molecule has 4 heterocycles. The molecule has 1 aliphatic heterocycles. The van der Waals surface area contributed by atoms with Crippen molar-refractivity contribution in [3.05, 3.63) is 41.7 Å². The van der Waals surface area contributed by atoms with Gasteiger partial charge in [-0.2, -0.15) is 4.98 Å². The maximum atomic E-state index is 14.4. The van der Waals surface area contributed by atoms with Gasteiger partial charge in [0.15, 0.2) is 11.5 Å². The first kappa shape index (κ1) is 23.2. The van der Waals surface area contributed by atoms with Gasteiger partial charge >= 0.3 is 6.09 Å². The van der Waals surface area contributed by atoms with Gasteiger partial charge in [0.25, 0.3) is 5.91 Å².